The normalized spacial score (nSPS) is 10.4. The van der Waals surface area contributed by atoms with Crippen molar-refractivity contribution in [3.63, 3.8) is 0 Å². The highest BCUT2D eigenvalue weighted by Crippen LogP contribution is 2.13. The number of rotatable bonds is 7. The first-order valence-corrected chi connectivity index (χ1v) is 9.50. The van der Waals surface area contributed by atoms with E-state index in [1.165, 1.54) is 10.6 Å². The number of carbonyl (C=O) groups is 1. The number of urea groups is 1. The van der Waals surface area contributed by atoms with Gasteiger partial charge in [0.1, 0.15) is 5.82 Å². The number of nitrogens with one attached hydrogen (secondary N) is 3. The van der Waals surface area contributed by atoms with Gasteiger partial charge in [0.05, 0.1) is 6.54 Å². The Kier molecular flexibility index (Phi) is 7.16. The van der Waals surface area contributed by atoms with Gasteiger partial charge in [-0.2, -0.15) is 0 Å². The molecule has 8 nitrogen and oxygen atoms in total. The van der Waals surface area contributed by atoms with E-state index in [0.29, 0.717) is 18.0 Å². The van der Waals surface area contributed by atoms with E-state index in [0.717, 1.165) is 22.1 Å². The molecule has 0 aliphatic heterocycles. The van der Waals surface area contributed by atoms with Crippen molar-refractivity contribution in [1.29, 1.82) is 0 Å². The van der Waals surface area contributed by atoms with E-state index >= 15 is 0 Å². The third-order valence-electron chi connectivity index (χ3n) is 3.45. The van der Waals surface area contributed by atoms with E-state index in [-0.39, 0.29) is 12.4 Å². The second-order valence-electron chi connectivity index (χ2n) is 5.40. The maximum Gasteiger partial charge on any atom is 0.343 e. The van der Waals surface area contributed by atoms with Gasteiger partial charge in [-0.05, 0) is 24.1 Å². The summed E-state index contributed by atoms with van der Waals surface area (Å²) in [6.07, 6.45) is 2.34. The lowest BCUT2D eigenvalue weighted by molar-refractivity contribution is 0.248. The Hall–Kier alpha value is -2.39. The van der Waals surface area contributed by atoms with Gasteiger partial charge in [-0.15, -0.1) is 0 Å². The largest absolute Gasteiger partial charge is 0.343 e. The number of hydrazine groups is 1. The van der Waals surface area contributed by atoms with Crippen LogP contribution in [0.15, 0.2) is 39.9 Å². The van der Waals surface area contributed by atoms with E-state index in [2.05, 4.69) is 15.6 Å². The molecule has 0 saturated carbocycles. The Morgan fingerprint density at radius 3 is 2.65 bits per heavy atom. The van der Waals surface area contributed by atoms with E-state index in [9.17, 15) is 14.4 Å². The van der Waals surface area contributed by atoms with Crippen LogP contribution >= 0.6 is 23.5 Å². The van der Waals surface area contributed by atoms with Gasteiger partial charge < -0.3 is 0 Å². The monoisotopic (exact) mass is 397 g/mol. The minimum absolute atomic E-state index is 0.184. The van der Waals surface area contributed by atoms with Gasteiger partial charge in [0.2, 0.25) is 0 Å². The molecule has 0 saturated heterocycles. The van der Waals surface area contributed by atoms with Crippen LogP contribution in [-0.2, 0) is 13.1 Å². The van der Waals surface area contributed by atoms with Crippen molar-refractivity contribution in [1.82, 2.24) is 19.3 Å². The van der Waals surface area contributed by atoms with Crippen molar-refractivity contribution in [3.8, 4) is 0 Å². The number of halogens is 1. The van der Waals surface area contributed by atoms with Gasteiger partial charge in [-0.1, -0.05) is 42.6 Å². The van der Waals surface area contributed by atoms with E-state index in [1.54, 1.807) is 24.5 Å². The number of benzene rings is 1. The predicted molar refractivity (Wildman–Crippen MR) is 105 cm³/mol. The summed E-state index contributed by atoms with van der Waals surface area (Å²) in [6, 6.07) is 7.85. The van der Waals surface area contributed by atoms with Gasteiger partial charge in [-0.25, -0.2) is 15.0 Å². The molecule has 0 unspecified atom stereocenters. The number of hydrogen-bond donors (Lipinski definition) is 3. The van der Waals surface area contributed by atoms with Crippen LogP contribution in [0, 0.1) is 0 Å². The van der Waals surface area contributed by atoms with Crippen molar-refractivity contribution in [2.24, 2.45) is 0 Å². The van der Waals surface area contributed by atoms with Crippen LogP contribution in [0.3, 0.4) is 0 Å². The minimum Gasteiger partial charge on any atom is -0.282 e. The highest BCUT2D eigenvalue weighted by atomic mass is 35.5. The average Bonchev–Trinajstić information content (AvgIpc) is 2.60. The Balaban J connectivity index is 2.43. The second-order valence-corrected chi connectivity index (χ2v) is 6.45. The SMILES string of the molecule is CCCn1c(=O)cc(NNC(=O)NSC)n(Cc2cccc(Cl)c2)c1=O. The molecule has 0 radical (unpaired) electrons. The molecule has 2 amide bonds. The first kappa shape index (κ1) is 19.9. The van der Waals surface area contributed by atoms with Gasteiger partial charge in [-0.3, -0.25) is 24.1 Å². The summed E-state index contributed by atoms with van der Waals surface area (Å²) in [5, 5.41) is 0.546. The molecular formula is C16H20ClN5O3S. The van der Waals surface area contributed by atoms with Crippen LogP contribution in [0.25, 0.3) is 0 Å². The van der Waals surface area contributed by atoms with Crippen molar-refractivity contribution in [3.05, 3.63) is 61.8 Å². The maximum atomic E-state index is 12.8. The molecule has 0 aliphatic carbocycles. The average molecular weight is 398 g/mol. The zero-order valence-corrected chi connectivity index (χ0v) is 16.0. The number of anilines is 1. The molecule has 26 heavy (non-hydrogen) atoms. The molecule has 1 heterocycles. The maximum absolute atomic E-state index is 12.8. The molecule has 0 aliphatic rings. The lowest BCUT2D eigenvalue weighted by Crippen LogP contribution is -2.43. The number of amides is 2. The molecule has 2 aromatic rings. The van der Waals surface area contributed by atoms with Crippen molar-refractivity contribution in [2.75, 3.05) is 11.7 Å². The zero-order valence-electron chi connectivity index (χ0n) is 14.4. The highest BCUT2D eigenvalue weighted by Gasteiger charge is 2.12. The number of carbonyl (C=O) groups excluding carboxylic acids is 1. The van der Waals surface area contributed by atoms with E-state index in [4.69, 9.17) is 11.6 Å². The zero-order chi connectivity index (χ0) is 19.1. The Morgan fingerprint density at radius 2 is 2.00 bits per heavy atom. The summed E-state index contributed by atoms with van der Waals surface area (Å²) in [5.74, 6) is 0.184. The number of aromatic nitrogens is 2. The van der Waals surface area contributed by atoms with Crippen molar-refractivity contribution in [2.45, 2.75) is 26.4 Å². The molecule has 3 N–H and O–H groups in total. The van der Waals surface area contributed by atoms with Gasteiger partial charge >= 0.3 is 11.7 Å². The minimum atomic E-state index is -0.503. The Labute approximate surface area is 159 Å². The Bertz CT molecular complexity index is 896. The standard InChI is InChI=1S/C16H20ClN5O3S/c1-3-7-21-14(23)9-13(18-19-15(24)20-26-2)22(16(21)25)10-11-5-4-6-12(17)8-11/h4-6,8-9,18H,3,7,10H2,1-2H3,(H2,19,20,24). The van der Waals surface area contributed by atoms with Crippen LogP contribution in [0.5, 0.6) is 0 Å². The smallest absolute Gasteiger partial charge is 0.282 e. The Morgan fingerprint density at radius 1 is 1.23 bits per heavy atom. The van der Waals surface area contributed by atoms with Crippen LogP contribution in [0.2, 0.25) is 5.02 Å². The molecule has 0 spiro atoms. The summed E-state index contributed by atoms with van der Waals surface area (Å²) in [6.45, 7) is 2.39. The molecule has 1 aromatic carbocycles. The molecule has 1 aromatic heterocycles. The lowest BCUT2D eigenvalue weighted by atomic mass is 10.2. The predicted octanol–water partition coefficient (Wildman–Crippen LogP) is 2.03. The van der Waals surface area contributed by atoms with Crippen LogP contribution in [-0.4, -0.2) is 21.4 Å². The topological polar surface area (TPSA) is 97.2 Å². The molecule has 0 atom stereocenters. The first-order chi connectivity index (χ1) is 12.5. The fourth-order valence-electron chi connectivity index (χ4n) is 2.36. The molecule has 10 heteroatoms. The van der Waals surface area contributed by atoms with Crippen molar-refractivity contribution < 1.29 is 4.79 Å². The van der Waals surface area contributed by atoms with Crippen LogP contribution < -0.4 is 26.8 Å². The third kappa shape index (κ3) is 5.06. The highest BCUT2D eigenvalue weighted by molar-refractivity contribution is 7.97. The molecule has 140 valence electrons. The first-order valence-electron chi connectivity index (χ1n) is 7.90. The lowest BCUT2D eigenvalue weighted by Gasteiger charge is -2.17. The van der Waals surface area contributed by atoms with Gasteiger partial charge in [0, 0.05) is 23.9 Å². The summed E-state index contributed by atoms with van der Waals surface area (Å²) in [7, 11) is 0. The fourth-order valence-corrected chi connectivity index (χ4v) is 2.81. The number of nitrogens with zero attached hydrogens (tertiary/aromatic N) is 2. The summed E-state index contributed by atoms with van der Waals surface area (Å²) < 4.78 is 5.01. The number of hydrogen-bond acceptors (Lipinski definition) is 5. The third-order valence-corrected chi connectivity index (χ3v) is 4.08. The van der Waals surface area contributed by atoms with Crippen LogP contribution in [0.4, 0.5) is 10.6 Å². The quantitative estimate of drug-likeness (QED) is 0.490. The molecule has 0 bridgehead atoms. The van der Waals surface area contributed by atoms with Crippen LogP contribution in [0.1, 0.15) is 18.9 Å². The summed E-state index contributed by atoms with van der Waals surface area (Å²) in [5.41, 5.74) is 4.90. The molecular weight excluding hydrogens is 378 g/mol. The van der Waals surface area contributed by atoms with Crippen molar-refractivity contribution >= 4 is 35.4 Å². The summed E-state index contributed by atoms with van der Waals surface area (Å²) >= 11 is 7.13. The van der Waals surface area contributed by atoms with E-state index in [1.807, 2.05) is 13.0 Å². The summed E-state index contributed by atoms with van der Waals surface area (Å²) in [4.78, 5) is 36.6. The fraction of sp³-hybridized carbons (Fsp3) is 0.312. The molecule has 0 fully saturated rings. The van der Waals surface area contributed by atoms with E-state index < -0.39 is 17.3 Å². The second kappa shape index (κ2) is 9.35. The van der Waals surface area contributed by atoms with Gasteiger partial charge in [0.15, 0.2) is 0 Å². The van der Waals surface area contributed by atoms with Gasteiger partial charge in [0.25, 0.3) is 5.56 Å². The molecule has 2 rings (SSSR count).